The van der Waals surface area contributed by atoms with Crippen molar-refractivity contribution < 1.29 is 0 Å². The number of benzene rings is 1. The van der Waals surface area contributed by atoms with Crippen molar-refractivity contribution in [3.63, 3.8) is 0 Å². The van der Waals surface area contributed by atoms with Gasteiger partial charge >= 0.3 is 0 Å². The number of pyridine rings is 1. The SMILES string of the molecule is CC(Nc1ccc(Cl)nc1)c1nc2ccccc2n1C. The molecule has 0 fully saturated rings. The molecule has 1 N–H and O–H groups in total. The Morgan fingerprint density at radius 1 is 1.20 bits per heavy atom. The van der Waals surface area contributed by atoms with Gasteiger partial charge in [-0.25, -0.2) is 9.97 Å². The molecule has 0 bridgehead atoms. The number of halogens is 1. The minimum absolute atomic E-state index is 0.0791. The molecule has 1 atom stereocenters. The lowest BCUT2D eigenvalue weighted by molar-refractivity contribution is 0.733. The largest absolute Gasteiger partial charge is 0.374 e. The van der Waals surface area contributed by atoms with Crippen LogP contribution in [0.1, 0.15) is 18.8 Å². The number of fused-ring (bicyclic) bond motifs is 1. The van der Waals surface area contributed by atoms with E-state index < -0.39 is 0 Å². The maximum Gasteiger partial charge on any atom is 0.131 e. The van der Waals surface area contributed by atoms with Crippen LogP contribution in [0.2, 0.25) is 5.15 Å². The minimum atomic E-state index is 0.0791. The second-order valence-electron chi connectivity index (χ2n) is 4.75. The molecular weight excluding hydrogens is 272 g/mol. The molecule has 2 aromatic heterocycles. The van der Waals surface area contributed by atoms with Crippen molar-refractivity contribution in [1.29, 1.82) is 0 Å². The predicted molar refractivity (Wildman–Crippen MR) is 82.0 cm³/mol. The van der Waals surface area contributed by atoms with Crippen molar-refractivity contribution in [3.8, 4) is 0 Å². The van der Waals surface area contributed by atoms with Gasteiger partial charge in [0.1, 0.15) is 11.0 Å². The van der Waals surface area contributed by atoms with Gasteiger partial charge in [0, 0.05) is 7.05 Å². The zero-order valence-corrected chi connectivity index (χ0v) is 12.1. The summed E-state index contributed by atoms with van der Waals surface area (Å²) < 4.78 is 2.11. The summed E-state index contributed by atoms with van der Waals surface area (Å²) in [6.07, 6.45) is 1.72. The molecule has 20 heavy (non-hydrogen) atoms. The Labute approximate surface area is 122 Å². The van der Waals surface area contributed by atoms with Gasteiger partial charge in [0.25, 0.3) is 0 Å². The molecule has 3 rings (SSSR count). The lowest BCUT2D eigenvalue weighted by atomic mass is 10.3. The number of nitrogens with zero attached hydrogens (tertiary/aromatic N) is 3. The van der Waals surface area contributed by atoms with Crippen LogP contribution < -0.4 is 5.32 Å². The van der Waals surface area contributed by atoms with Crippen molar-refractivity contribution in [2.24, 2.45) is 7.05 Å². The molecule has 0 saturated heterocycles. The molecule has 3 aromatic rings. The van der Waals surface area contributed by atoms with Gasteiger partial charge in [0.2, 0.25) is 0 Å². The van der Waals surface area contributed by atoms with E-state index in [1.807, 2.05) is 31.3 Å². The monoisotopic (exact) mass is 286 g/mol. The number of hydrogen-bond donors (Lipinski definition) is 1. The summed E-state index contributed by atoms with van der Waals surface area (Å²) in [5, 5.41) is 3.87. The second kappa shape index (κ2) is 5.13. The van der Waals surface area contributed by atoms with Gasteiger partial charge < -0.3 is 9.88 Å². The number of aromatic nitrogens is 3. The molecule has 0 amide bonds. The van der Waals surface area contributed by atoms with Gasteiger partial charge in [-0.3, -0.25) is 0 Å². The first-order valence-electron chi connectivity index (χ1n) is 6.44. The van der Waals surface area contributed by atoms with E-state index in [-0.39, 0.29) is 6.04 Å². The van der Waals surface area contributed by atoms with E-state index in [4.69, 9.17) is 11.6 Å². The van der Waals surface area contributed by atoms with Crippen LogP contribution in [0.5, 0.6) is 0 Å². The number of imidazole rings is 1. The van der Waals surface area contributed by atoms with E-state index in [0.29, 0.717) is 5.15 Å². The van der Waals surface area contributed by atoms with Crippen molar-refractivity contribution in [2.45, 2.75) is 13.0 Å². The van der Waals surface area contributed by atoms with Crippen molar-refractivity contribution in [2.75, 3.05) is 5.32 Å². The maximum atomic E-state index is 5.79. The molecule has 1 aromatic carbocycles. The first kappa shape index (κ1) is 12.9. The molecule has 102 valence electrons. The molecule has 0 aliphatic carbocycles. The Bertz CT molecular complexity index is 733. The molecule has 2 heterocycles. The highest BCUT2D eigenvalue weighted by Gasteiger charge is 2.14. The summed E-state index contributed by atoms with van der Waals surface area (Å²) in [5.41, 5.74) is 3.06. The molecule has 0 aliphatic heterocycles. The number of aryl methyl sites for hydroxylation is 1. The van der Waals surface area contributed by atoms with E-state index in [1.165, 1.54) is 0 Å². The normalized spacial score (nSPS) is 12.6. The fourth-order valence-electron chi connectivity index (χ4n) is 2.33. The summed E-state index contributed by atoms with van der Waals surface area (Å²) in [5.74, 6) is 0.987. The van der Waals surface area contributed by atoms with Gasteiger partial charge in [-0.2, -0.15) is 0 Å². The Hall–Kier alpha value is -2.07. The van der Waals surface area contributed by atoms with Crippen LogP contribution in [0, 0.1) is 0 Å². The quantitative estimate of drug-likeness (QED) is 0.745. The minimum Gasteiger partial charge on any atom is -0.374 e. The van der Waals surface area contributed by atoms with Crippen LogP contribution >= 0.6 is 11.6 Å². The van der Waals surface area contributed by atoms with Crippen LogP contribution in [0.25, 0.3) is 11.0 Å². The zero-order chi connectivity index (χ0) is 14.1. The molecular formula is C15H15ClN4. The van der Waals surface area contributed by atoms with Crippen LogP contribution in [-0.2, 0) is 7.05 Å². The third-order valence-corrected chi connectivity index (χ3v) is 3.54. The Morgan fingerprint density at radius 2 is 2.00 bits per heavy atom. The van der Waals surface area contributed by atoms with E-state index in [9.17, 15) is 0 Å². The highest BCUT2D eigenvalue weighted by molar-refractivity contribution is 6.29. The number of rotatable bonds is 3. The summed E-state index contributed by atoms with van der Waals surface area (Å²) in [7, 11) is 2.03. The molecule has 0 saturated carbocycles. The van der Waals surface area contributed by atoms with Crippen molar-refractivity contribution in [1.82, 2.24) is 14.5 Å². The molecule has 0 spiro atoms. The summed E-state index contributed by atoms with van der Waals surface area (Å²) in [6.45, 7) is 2.08. The van der Waals surface area contributed by atoms with Crippen LogP contribution in [0.15, 0.2) is 42.6 Å². The molecule has 0 aliphatic rings. The van der Waals surface area contributed by atoms with Crippen LogP contribution in [-0.4, -0.2) is 14.5 Å². The highest BCUT2D eigenvalue weighted by atomic mass is 35.5. The van der Waals surface area contributed by atoms with Gasteiger partial charge in [0.05, 0.1) is 29.0 Å². The highest BCUT2D eigenvalue weighted by Crippen LogP contribution is 2.22. The average Bonchev–Trinajstić information content (AvgIpc) is 2.79. The summed E-state index contributed by atoms with van der Waals surface area (Å²) in [4.78, 5) is 8.75. The number of nitrogens with one attached hydrogen (secondary N) is 1. The molecule has 1 unspecified atom stereocenters. The van der Waals surface area contributed by atoms with Gasteiger partial charge in [-0.05, 0) is 31.2 Å². The number of para-hydroxylation sites is 2. The average molecular weight is 287 g/mol. The van der Waals surface area contributed by atoms with Crippen molar-refractivity contribution >= 4 is 28.3 Å². The Kier molecular flexibility index (Phi) is 3.32. The van der Waals surface area contributed by atoms with E-state index in [0.717, 1.165) is 22.5 Å². The smallest absolute Gasteiger partial charge is 0.131 e. The number of anilines is 1. The Morgan fingerprint density at radius 3 is 2.70 bits per heavy atom. The van der Waals surface area contributed by atoms with E-state index in [2.05, 4.69) is 32.8 Å². The molecule has 4 nitrogen and oxygen atoms in total. The first-order chi connectivity index (χ1) is 9.65. The zero-order valence-electron chi connectivity index (χ0n) is 11.3. The lowest BCUT2D eigenvalue weighted by Crippen LogP contribution is -2.12. The lowest BCUT2D eigenvalue weighted by Gasteiger charge is -2.14. The van der Waals surface area contributed by atoms with Gasteiger partial charge in [-0.15, -0.1) is 0 Å². The number of hydrogen-bond acceptors (Lipinski definition) is 3. The van der Waals surface area contributed by atoms with Crippen LogP contribution in [0.4, 0.5) is 5.69 Å². The maximum absolute atomic E-state index is 5.79. The third kappa shape index (κ3) is 2.34. The first-order valence-corrected chi connectivity index (χ1v) is 6.82. The van der Waals surface area contributed by atoms with E-state index >= 15 is 0 Å². The summed E-state index contributed by atoms with van der Waals surface area (Å²) >= 11 is 5.79. The molecule has 5 heteroatoms. The Balaban J connectivity index is 1.90. The summed E-state index contributed by atoms with van der Waals surface area (Å²) in [6, 6.07) is 11.9. The van der Waals surface area contributed by atoms with Gasteiger partial charge in [0.15, 0.2) is 0 Å². The van der Waals surface area contributed by atoms with Crippen LogP contribution in [0.3, 0.4) is 0 Å². The predicted octanol–water partition coefficient (Wildman–Crippen LogP) is 3.79. The van der Waals surface area contributed by atoms with E-state index in [1.54, 1.807) is 12.3 Å². The second-order valence-corrected chi connectivity index (χ2v) is 5.14. The standard InChI is InChI=1S/C15H15ClN4/c1-10(18-11-7-8-14(16)17-9-11)15-19-12-5-3-4-6-13(12)20(15)2/h3-10,18H,1-2H3. The fraction of sp³-hybridized carbons (Fsp3) is 0.200. The fourth-order valence-corrected chi connectivity index (χ4v) is 2.44. The topological polar surface area (TPSA) is 42.7 Å². The van der Waals surface area contributed by atoms with Crippen molar-refractivity contribution in [3.05, 3.63) is 53.6 Å². The molecule has 0 radical (unpaired) electrons. The van der Waals surface area contributed by atoms with Gasteiger partial charge in [-0.1, -0.05) is 23.7 Å². The third-order valence-electron chi connectivity index (χ3n) is 3.32.